The second-order valence-corrected chi connectivity index (χ2v) is 8.48. The van der Waals surface area contributed by atoms with Crippen LogP contribution in [0.5, 0.6) is 0 Å². The lowest BCUT2D eigenvalue weighted by atomic mass is 9.71. The molecule has 1 saturated heterocycles. The molecule has 2 aromatic carbocycles. The third kappa shape index (κ3) is 2.66. The summed E-state index contributed by atoms with van der Waals surface area (Å²) in [4.78, 5) is 0. The van der Waals surface area contributed by atoms with Crippen LogP contribution in [0.15, 0.2) is 24.3 Å². The molecular weight excluding hydrogens is 337 g/mol. The summed E-state index contributed by atoms with van der Waals surface area (Å²) in [6.07, 6.45) is 1.07. The van der Waals surface area contributed by atoms with Crippen molar-refractivity contribution < 1.29 is 23.2 Å². The first-order valence-electron chi connectivity index (χ1n) is 9.04. The van der Waals surface area contributed by atoms with Crippen molar-refractivity contribution in [3.05, 3.63) is 41.5 Å². The fourth-order valence-corrected chi connectivity index (χ4v) is 3.70. The Bertz CT molecular complexity index is 859. The van der Waals surface area contributed by atoms with Crippen LogP contribution >= 0.6 is 0 Å². The van der Waals surface area contributed by atoms with Crippen LogP contribution in [0.25, 0.3) is 10.8 Å². The maximum atomic E-state index is 14.7. The van der Waals surface area contributed by atoms with Crippen molar-refractivity contribution in [3.63, 3.8) is 0 Å². The molecule has 0 spiro atoms. The monoisotopic (exact) mass is 360 g/mol. The van der Waals surface area contributed by atoms with Gasteiger partial charge >= 0.3 is 7.12 Å². The van der Waals surface area contributed by atoms with Crippen LogP contribution in [-0.4, -0.2) is 29.5 Å². The Morgan fingerprint density at radius 3 is 2.23 bits per heavy atom. The van der Waals surface area contributed by atoms with Crippen molar-refractivity contribution in [2.24, 2.45) is 0 Å². The topological polar surface area (TPSA) is 38.7 Å². The Kier molecular flexibility index (Phi) is 3.96. The van der Waals surface area contributed by atoms with Crippen LogP contribution < -0.4 is 5.46 Å². The van der Waals surface area contributed by atoms with Gasteiger partial charge in [-0.2, -0.15) is 0 Å². The minimum Gasteiger partial charge on any atom is -0.399 e. The molecule has 0 aromatic heterocycles. The third-order valence-electron chi connectivity index (χ3n) is 6.15. The standard InChI is InChI=1S/C20H23BF2O3/c1-19(2)20(3,4)26-21(25-19)15-10-12(13-8-14(24)9-13)7-11-5-6-16(22)18(23)17(11)15/h5-7,10,13-14,24H,8-9H2,1-4H3. The molecule has 1 aliphatic carbocycles. The normalized spacial score (nSPS) is 27.0. The zero-order valence-electron chi connectivity index (χ0n) is 15.5. The van der Waals surface area contributed by atoms with Crippen molar-refractivity contribution in [1.29, 1.82) is 0 Å². The average Bonchev–Trinajstić information content (AvgIpc) is 2.75. The van der Waals surface area contributed by atoms with Crippen LogP contribution in [-0.2, 0) is 9.31 Å². The molecule has 1 N–H and O–H groups in total. The van der Waals surface area contributed by atoms with Crippen LogP contribution in [0.2, 0.25) is 0 Å². The molecule has 138 valence electrons. The molecule has 0 amide bonds. The molecule has 0 atom stereocenters. The summed E-state index contributed by atoms with van der Waals surface area (Å²) >= 11 is 0. The lowest BCUT2D eigenvalue weighted by Gasteiger charge is -2.32. The zero-order chi connectivity index (χ0) is 18.9. The highest BCUT2D eigenvalue weighted by Gasteiger charge is 2.52. The van der Waals surface area contributed by atoms with Gasteiger partial charge in [-0.15, -0.1) is 0 Å². The Morgan fingerprint density at radius 1 is 1.04 bits per heavy atom. The minimum atomic E-state index is -0.887. The maximum Gasteiger partial charge on any atom is 0.495 e. The second-order valence-electron chi connectivity index (χ2n) is 8.48. The van der Waals surface area contributed by atoms with Gasteiger partial charge in [-0.1, -0.05) is 18.2 Å². The minimum absolute atomic E-state index is 0.201. The highest BCUT2D eigenvalue weighted by molar-refractivity contribution is 6.65. The van der Waals surface area contributed by atoms with E-state index in [0.29, 0.717) is 23.7 Å². The van der Waals surface area contributed by atoms with Crippen LogP contribution in [0.1, 0.15) is 52.0 Å². The van der Waals surface area contributed by atoms with Gasteiger partial charge in [-0.05, 0) is 68.9 Å². The molecule has 26 heavy (non-hydrogen) atoms. The largest absolute Gasteiger partial charge is 0.495 e. The van der Waals surface area contributed by atoms with E-state index in [4.69, 9.17) is 9.31 Å². The molecule has 2 fully saturated rings. The van der Waals surface area contributed by atoms with E-state index in [0.717, 1.165) is 11.6 Å². The van der Waals surface area contributed by atoms with Gasteiger partial charge in [0.05, 0.1) is 17.3 Å². The number of hydrogen-bond acceptors (Lipinski definition) is 3. The Morgan fingerprint density at radius 2 is 1.65 bits per heavy atom. The average molecular weight is 360 g/mol. The third-order valence-corrected chi connectivity index (χ3v) is 6.15. The molecule has 0 unspecified atom stereocenters. The van der Waals surface area contributed by atoms with Gasteiger partial charge in [-0.25, -0.2) is 8.78 Å². The molecule has 6 heteroatoms. The highest BCUT2D eigenvalue weighted by Crippen LogP contribution is 2.40. The van der Waals surface area contributed by atoms with Crippen molar-refractivity contribution in [2.45, 2.75) is 63.8 Å². The molecule has 1 aliphatic heterocycles. The quantitative estimate of drug-likeness (QED) is 0.831. The van der Waals surface area contributed by atoms with Gasteiger partial charge in [0.2, 0.25) is 0 Å². The first kappa shape index (κ1) is 17.9. The molecule has 0 bridgehead atoms. The molecule has 4 rings (SSSR count). The Labute approximate surface area is 152 Å². The van der Waals surface area contributed by atoms with Crippen LogP contribution in [0, 0.1) is 11.6 Å². The number of hydrogen-bond donors (Lipinski definition) is 1. The number of benzene rings is 2. The Hall–Kier alpha value is -1.50. The SMILES string of the molecule is CC1(C)OB(c2cc(C3CC(O)C3)cc3ccc(F)c(F)c23)OC1(C)C. The van der Waals surface area contributed by atoms with Gasteiger partial charge in [0.15, 0.2) is 11.6 Å². The van der Waals surface area contributed by atoms with Gasteiger partial charge in [-0.3, -0.25) is 0 Å². The first-order chi connectivity index (χ1) is 12.1. The van der Waals surface area contributed by atoms with E-state index in [9.17, 15) is 13.9 Å². The predicted octanol–water partition coefficient (Wildman–Crippen LogP) is 3.66. The summed E-state index contributed by atoms with van der Waals surface area (Å²) in [7, 11) is -0.774. The number of aliphatic hydroxyl groups excluding tert-OH is 1. The highest BCUT2D eigenvalue weighted by atomic mass is 19.2. The molecule has 3 nitrogen and oxygen atoms in total. The smallest absolute Gasteiger partial charge is 0.399 e. The van der Waals surface area contributed by atoms with Crippen molar-refractivity contribution in [1.82, 2.24) is 0 Å². The van der Waals surface area contributed by atoms with E-state index in [-0.39, 0.29) is 17.4 Å². The number of fused-ring (bicyclic) bond motifs is 1. The lowest BCUT2D eigenvalue weighted by Crippen LogP contribution is -2.41. The van der Waals surface area contributed by atoms with Crippen molar-refractivity contribution in [2.75, 3.05) is 0 Å². The van der Waals surface area contributed by atoms with Crippen LogP contribution in [0.4, 0.5) is 8.78 Å². The van der Waals surface area contributed by atoms with Crippen molar-refractivity contribution in [3.8, 4) is 0 Å². The summed E-state index contributed by atoms with van der Waals surface area (Å²) in [5.41, 5.74) is 0.362. The van der Waals surface area contributed by atoms with Crippen molar-refractivity contribution >= 4 is 23.4 Å². The fourth-order valence-electron chi connectivity index (χ4n) is 3.70. The maximum absolute atomic E-state index is 14.7. The fraction of sp³-hybridized carbons (Fsp3) is 0.500. The molecule has 1 saturated carbocycles. The molecule has 2 aliphatic rings. The van der Waals surface area contributed by atoms with E-state index in [2.05, 4.69) is 0 Å². The number of aliphatic hydroxyl groups is 1. The predicted molar refractivity (Wildman–Crippen MR) is 97.6 cm³/mol. The number of rotatable bonds is 2. The summed E-state index contributed by atoms with van der Waals surface area (Å²) < 4.78 is 40.8. The first-order valence-corrected chi connectivity index (χ1v) is 9.04. The summed E-state index contributed by atoms with van der Waals surface area (Å²) in [5, 5.41) is 10.5. The van der Waals surface area contributed by atoms with Gasteiger partial charge in [0.1, 0.15) is 0 Å². The van der Waals surface area contributed by atoms with E-state index in [1.807, 2.05) is 39.8 Å². The molecule has 0 radical (unpaired) electrons. The van der Waals surface area contributed by atoms with E-state index < -0.39 is 30.0 Å². The van der Waals surface area contributed by atoms with E-state index in [1.54, 1.807) is 6.07 Å². The van der Waals surface area contributed by atoms with Gasteiger partial charge in [0.25, 0.3) is 0 Å². The molecule has 1 heterocycles. The van der Waals surface area contributed by atoms with Gasteiger partial charge < -0.3 is 14.4 Å². The summed E-state index contributed by atoms with van der Waals surface area (Å²) in [6, 6.07) is 6.46. The summed E-state index contributed by atoms with van der Waals surface area (Å²) in [6.45, 7) is 7.72. The van der Waals surface area contributed by atoms with E-state index >= 15 is 0 Å². The molecule has 2 aromatic rings. The van der Waals surface area contributed by atoms with E-state index in [1.165, 1.54) is 0 Å². The lowest BCUT2D eigenvalue weighted by molar-refractivity contribution is 0.00578. The molecular formula is C20H23BF2O3. The number of halogens is 2. The Balaban J connectivity index is 1.87. The zero-order valence-corrected chi connectivity index (χ0v) is 15.5. The second kappa shape index (κ2) is 5.75. The summed E-state index contributed by atoms with van der Waals surface area (Å²) in [5.74, 6) is -1.56. The van der Waals surface area contributed by atoms with Gasteiger partial charge in [0, 0.05) is 5.39 Å². The van der Waals surface area contributed by atoms with Crippen LogP contribution in [0.3, 0.4) is 0 Å².